The molecule has 124 valence electrons. The molecule has 0 nitrogen and oxygen atoms in total. The third-order valence-corrected chi connectivity index (χ3v) is 7.12. The van der Waals surface area contributed by atoms with E-state index in [0.717, 1.165) is 11.5 Å². The molecule has 1 aliphatic heterocycles. The Balaban J connectivity index is 1.92. The van der Waals surface area contributed by atoms with E-state index in [1.165, 1.54) is 69.9 Å². The molecule has 1 heterocycles. The number of thioether (sulfide) groups is 2. The smallest absolute Gasteiger partial charge is 0.0196 e. The first-order chi connectivity index (χ1) is 11.9. The van der Waals surface area contributed by atoms with Crippen LogP contribution in [0.15, 0.2) is 48.5 Å². The van der Waals surface area contributed by atoms with Gasteiger partial charge in [0.2, 0.25) is 0 Å². The van der Waals surface area contributed by atoms with Crippen molar-refractivity contribution in [2.24, 2.45) is 0 Å². The quantitative estimate of drug-likeness (QED) is 0.398. The lowest BCUT2D eigenvalue weighted by atomic mass is 9.93. The van der Waals surface area contributed by atoms with Crippen molar-refractivity contribution in [3.63, 3.8) is 0 Å². The molecule has 0 radical (unpaired) electrons. The summed E-state index contributed by atoms with van der Waals surface area (Å²) in [5.74, 6) is 4.85. The van der Waals surface area contributed by atoms with Crippen LogP contribution in [0.2, 0.25) is 0 Å². The maximum atomic E-state index is 2.33. The lowest BCUT2D eigenvalue weighted by molar-refractivity contribution is 0.711. The van der Waals surface area contributed by atoms with E-state index in [1.54, 1.807) is 0 Å². The fourth-order valence-corrected chi connectivity index (χ4v) is 5.87. The summed E-state index contributed by atoms with van der Waals surface area (Å²) in [5, 5.41) is 5.88. The summed E-state index contributed by atoms with van der Waals surface area (Å²) in [6, 6.07) is 18.1. The molecule has 3 aromatic carbocycles. The summed E-state index contributed by atoms with van der Waals surface area (Å²) in [6.45, 7) is 0. The molecule has 0 saturated carbocycles. The molecule has 0 aliphatic carbocycles. The Kier molecular flexibility index (Phi) is 5.34. The summed E-state index contributed by atoms with van der Waals surface area (Å²) >= 11 is 4.23. The van der Waals surface area contributed by atoms with Crippen LogP contribution in [-0.4, -0.2) is 11.5 Å². The van der Waals surface area contributed by atoms with E-state index in [0.29, 0.717) is 0 Å². The maximum Gasteiger partial charge on any atom is 0.0196 e. The first kappa shape index (κ1) is 16.4. The molecule has 1 aliphatic rings. The highest BCUT2D eigenvalue weighted by atomic mass is 32.2. The zero-order valence-corrected chi connectivity index (χ0v) is 15.7. The van der Waals surface area contributed by atoms with Gasteiger partial charge >= 0.3 is 0 Å². The molecule has 3 aromatic rings. The van der Waals surface area contributed by atoms with Crippen LogP contribution in [0.4, 0.5) is 0 Å². The van der Waals surface area contributed by atoms with Gasteiger partial charge < -0.3 is 0 Å². The summed E-state index contributed by atoms with van der Waals surface area (Å²) < 4.78 is 0. The Morgan fingerprint density at radius 2 is 0.875 bits per heavy atom. The first-order valence-electron chi connectivity index (χ1n) is 9.02. The van der Waals surface area contributed by atoms with E-state index in [-0.39, 0.29) is 0 Å². The predicted octanol–water partition coefficient (Wildman–Crippen LogP) is 7.03. The van der Waals surface area contributed by atoms with Crippen molar-refractivity contribution in [3.8, 4) is 0 Å². The Morgan fingerprint density at radius 3 is 1.25 bits per heavy atom. The second kappa shape index (κ2) is 7.84. The number of fused-ring (bicyclic) bond motifs is 3. The maximum absolute atomic E-state index is 2.33. The average Bonchev–Trinajstić information content (AvgIpc) is 2.64. The summed E-state index contributed by atoms with van der Waals surface area (Å²) in [6.07, 6.45) is 5.52. The molecule has 2 bridgehead atoms. The monoisotopic (exact) mass is 352 g/mol. The van der Waals surface area contributed by atoms with Crippen LogP contribution in [0, 0.1) is 0 Å². The first-order valence-corrected chi connectivity index (χ1v) is 11.3. The van der Waals surface area contributed by atoms with Crippen LogP contribution in [0.5, 0.6) is 0 Å². The van der Waals surface area contributed by atoms with E-state index in [9.17, 15) is 0 Å². The van der Waals surface area contributed by atoms with Gasteiger partial charge in [-0.15, -0.1) is 0 Å². The van der Waals surface area contributed by atoms with Gasteiger partial charge in [-0.2, -0.15) is 23.5 Å². The van der Waals surface area contributed by atoms with Gasteiger partial charge in [-0.25, -0.2) is 0 Å². The van der Waals surface area contributed by atoms with E-state index >= 15 is 0 Å². The Hall–Kier alpha value is -1.12. The topological polar surface area (TPSA) is 0 Å². The van der Waals surface area contributed by atoms with Crippen molar-refractivity contribution in [1.82, 2.24) is 0 Å². The van der Waals surface area contributed by atoms with Crippen LogP contribution in [0.25, 0.3) is 21.5 Å². The molecule has 4 rings (SSSR count). The van der Waals surface area contributed by atoms with Crippen molar-refractivity contribution in [1.29, 1.82) is 0 Å². The van der Waals surface area contributed by atoms with Crippen LogP contribution in [-0.2, 0) is 11.5 Å². The predicted molar refractivity (Wildman–Crippen MR) is 112 cm³/mol. The Labute approximate surface area is 153 Å². The Morgan fingerprint density at radius 1 is 0.500 bits per heavy atom. The van der Waals surface area contributed by atoms with Crippen LogP contribution in [0.3, 0.4) is 0 Å². The molecule has 0 aromatic heterocycles. The van der Waals surface area contributed by atoms with E-state index in [1.807, 2.05) is 0 Å². The SMILES string of the molecule is c1ccc2c3c4ccccc4c(c2c1)CSCCCCCCSC3. The van der Waals surface area contributed by atoms with Gasteiger partial charge in [-0.1, -0.05) is 61.4 Å². The third-order valence-electron chi connectivity index (χ3n) is 4.97. The zero-order chi connectivity index (χ0) is 16.2. The van der Waals surface area contributed by atoms with Gasteiger partial charge in [0.25, 0.3) is 0 Å². The molecule has 0 amide bonds. The third kappa shape index (κ3) is 3.32. The van der Waals surface area contributed by atoms with E-state index in [4.69, 9.17) is 0 Å². The van der Waals surface area contributed by atoms with E-state index < -0.39 is 0 Å². The molecule has 2 heteroatoms. The summed E-state index contributed by atoms with van der Waals surface area (Å²) in [4.78, 5) is 0. The molecule has 0 fully saturated rings. The highest BCUT2D eigenvalue weighted by Gasteiger charge is 2.13. The minimum Gasteiger partial charge on any atom is -0.157 e. The molecule has 0 saturated heterocycles. The van der Waals surface area contributed by atoms with Gasteiger partial charge in [0.15, 0.2) is 0 Å². The molecule has 0 N–H and O–H groups in total. The standard InChI is InChI=1S/C22H24S2/c1-2-8-14-24-16-22-19-11-5-3-9-17(19)21(15-23-13-7-1)18-10-4-6-12-20(18)22/h3-6,9-12H,1-2,7-8,13-16H2. The van der Waals surface area contributed by atoms with Crippen molar-refractivity contribution in [2.45, 2.75) is 37.2 Å². The van der Waals surface area contributed by atoms with Gasteiger partial charge in [-0.3, -0.25) is 0 Å². The lowest BCUT2D eigenvalue weighted by Crippen LogP contribution is -1.96. The number of hydrogen-bond donors (Lipinski definition) is 0. The van der Waals surface area contributed by atoms with Crippen LogP contribution < -0.4 is 0 Å². The molecular formula is C22H24S2. The second-order valence-corrected chi connectivity index (χ2v) is 8.78. The van der Waals surface area contributed by atoms with Crippen molar-refractivity contribution >= 4 is 45.1 Å². The van der Waals surface area contributed by atoms with Crippen molar-refractivity contribution in [2.75, 3.05) is 11.5 Å². The highest BCUT2D eigenvalue weighted by Crippen LogP contribution is 2.37. The highest BCUT2D eigenvalue weighted by molar-refractivity contribution is 7.98. The largest absolute Gasteiger partial charge is 0.157 e. The van der Waals surface area contributed by atoms with Crippen molar-refractivity contribution in [3.05, 3.63) is 59.7 Å². The minimum atomic E-state index is 1.13. The van der Waals surface area contributed by atoms with Crippen molar-refractivity contribution < 1.29 is 0 Å². The van der Waals surface area contributed by atoms with E-state index in [2.05, 4.69) is 72.1 Å². The van der Waals surface area contributed by atoms with Crippen LogP contribution >= 0.6 is 23.5 Å². The average molecular weight is 353 g/mol. The molecule has 0 atom stereocenters. The van der Waals surface area contributed by atoms with Crippen LogP contribution in [0.1, 0.15) is 36.8 Å². The number of benzene rings is 3. The number of rotatable bonds is 0. The summed E-state index contributed by atoms with van der Waals surface area (Å²) in [5.41, 5.74) is 3.08. The molecule has 24 heavy (non-hydrogen) atoms. The fourth-order valence-electron chi connectivity index (χ4n) is 3.73. The second-order valence-electron chi connectivity index (χ2n) is 6.57. The van der Waals surface area contributed by atoms with Gasteiger partial charge in [0.05, 0.1) is 0 Å². The summed E-state index contributed by atoms with van der Waals surface area (Å²) in [7, 11) is 0. The normalized spacial score (nSPS) is 17.2. The molecule has 0 unspecified atom stereocenters. The van der Waals surface area contributed by atoms with Gasteiger partial charge in [-0.05, 0) is 57.0 Å². The molecule has 0 spiro atoms. The number of hydrogen-bond acceptors (Lipinski definition) is 2. The van der Waals surface area contributed by atoms with Gasteiger partial charge in [0, 0.05) is 11.5 Å². The lowest BCUT2D eigenvalue weighted by Gasteiger charge is -2.17. The molecular weight excluding hydrogens is 328 g/mol. The minimum absolute atomic E-state index is 1.13. The Bertz CT molecular complexity index is 711. The van der Waals surface area contributed by atoms with Gasteiger partial charge in [0.1, 0.15) is 0 Å². The zero-order valence-electron chi connectivity index (χ0n) is 14.1. The fraction of sp³-hybridized carbons (Fsp3) is 0.364.